The predicted molar refractivity (Wildman–Crippen MR) is 73.5 cm³/mol. The van der Waals surface area contributed by atoms with Crippen LogP contribution in [0.15, 0.2) is 0 Å². The van der Waals surface area contributed by atoms with Crippen LogP contribution in [0.3, 0.4) is 0 Å². The first-order valence-corrected chi connectivity index (χ1v) is 6.73. The van der Waals surface area contributed by atoms with Crippen LogP contribution in [0.1, 0.15) is 41.7 Å². The van der Waals surface area contributed by atoms with Gasteiger partial charge in [-0.1, -0.05) is 0 Å². The normalized spacial score (nSPS) is 22.5. The van der Waals surface area contributed by atoms with Gasteiger partial charge in [0.2, 0.25) is 0 Å². The summed E-state index contributed by atoms with van der Waals surface area (Å²) in [4.78, 5) is 22.4. The molecule has 110 valence electrons. The summed E-state index contributed by atoms with van der Waals surface area (Å²) in [6.07, 6.45) is 2.82. The Balaban J connectivity index is 2.08. The van der Waals surface area contributed by atoms with E-state index < -0.39 is 11.9 Å². The lowest BCUT2D eigenvalue weighted by molar-refractivity contribution is -0.142. The summed E-state index contributed by atoms with van der Waals surface area (Å²) in [5.74, 6) is -0.860. The van der Waals surface area contributed by atoms with Crippen molar-refractivity contribution in [2.75, 3.05) is 5.32 Å². The number of rotatable bonds is 4. The van der Waals surface area contributed by atoms with Gasteiger partial charge >= 0.3 is 5.97 Å². The Kier molecular flexibility index (Phi) is 3.96. The summed E-state index contributed by atoms with van der Waals surface area (Å²) in [6.45, 7) is 1.74. The molecule has 1 aliphatic carbocycles. The molecule has 0 atom stereocenters. The van der Waals surface area contributed by atoms with Gasteiger partial charge in [-0.3, -0.25) is 14.3 Å². The minimum Gasteiger partial charge on any atom is -0.481 e. The fourth-order valence-corrected chi connectivity index (χ4v) is 2.80. The summed E-state index contributed by atoms with van der Waals surface area (Å²) in [5, 5.41) is 16.5. The smallest absolute Gasteiger partial charge is 0.306 e. The molecule has 7 nitrogen and oxygen atoms in total. The Bertz CT molecular complexity index is 530. The topological polar surface area (TPSA) is 110 Å². The number of nitrogens with one attached hydrogen (secondary N) is 1. The van der Waals surface area contributed by atoms with E-state index in [1.54, 1.807) is 18.7 Å². The SMILES string of the molecule is Cc1nn(C)c(NC2CCC(C(=O)O)CC2)c1C(N)=O. The van der Waals surface area contributed by atoms with Crippen molar-refractivity contribution in [3.63, 3.8) is 0 Å². The largest absolute Gasteiger partial charge is 0.481 e. The lowest BCUT2D eigenvalue weighted by Crippen LogP contribution is -2.30. The Morgan fingerprint density at radius 1 is 1.35 bits per heavy atom. The summed E-state index contributed by atoms with van der Waals surface area (Å²) in [6, 6.07) is 0.151. The van der Waals surface area contributed by atoms with E-state index in [4.69, 9.17) is 10.8 Å². The van der Waals surface area contributed by atoms with Crippen molar-refractivity contribution in [1.82, 2.24) is 9.78 Å². The van der Waals surface area contributed by atoms with Crippen LogP contribution < -0.4 is 11.1 Å². The number of carbonyl (C=O) groups excluding carboxylic acids is 1. The minimum absolute atomic E-state index is 0.151. The fourth-order valence-electron chi connectivity index (χ4n) is 2.80. The molecule has 1 fully saturated rings. The van der Waals surface area contributed by atoms with Crippen LogP contribution in [0.25, 0.3) is 0 Å². The van der Waals surface area contributed by atoms with E-state index in [1.807, 2.05) is 0 Å². The first-order chi connectivity index (χ1) is 9.40. The van der Waals surface area contributed by atoms with Gasteiger partial charge in [0.1, 0.15) is 11.4 Å². The second-order valence-electron chi connectivity index (χ2n) is 5.33. The molecule has 1 heterocycles. The Hall–Kier alpha value is -2.05. The van der Waals surface area contributed by atoms with Crippen molar-refractivity contribution >= 4 is 17.7 Å². The molecule has 4 N–H and O–H groups in total. The predicted octanol–water partition coefficient (Wildman–Crippen LogP) is 0.883. The third-order valence-electron chi connectivity index (χ3n) is 3.89. The maximum Gasteiger partial charge on any atom is 0.306 e. The van der Waals surface area contributed by atoms with Crippen LogP contribution in [-0.2, 0) is 11.8 Å². The maximum absolute atomic E-state index is 11.5. The Labute approximate surface area is 117 Å². The summed E-state index contributed by atoms with van der Waals surface area (Å²) in [7, 11) is 1.75. The van der Waals surface area contributed by atoms with E-state index in [0.717, 1.165) is 12.8 Å². The number of aliphatic carboxylic acids is 1. The Morgan fingerprint density at radius 3 is 2.45 bits per heavy atom. The molecule has 0 spiro atoms. The maximum atomic E-state index is 11.5. The van der Waals surface area contributed by atoms with Crippen LogP contribution in [0.2, 0.25) is 0 Å². The highest BCUT2D eigenvalue weighted by molar-refractivity contribution is 5.98. The van der Waals surface area contributed by atoms with Gasteiger partial charge in [-0.15, -0.1) is 0 Å². The number of carboxylic acid groups (broad SMARTS) is 1. The number of carbonyl (C=O) groups is 2. The van der Waals surface area contributed by atoms with E-state index in [9.17, 15) is 9.59 Å². The van der Waals surface area contributed by atoms with E-state index in [2.05, 4.69) is 10.4 Å². The minimum atomic E-state index is -0.724. The van der Waals surface area contributed by atoms with Crippen LogP contribution in [0, 0.1) is 12.8 Å². The average molecular weight is 280 g/mol. The number of nitrogens with zero attached hydrogens (tertiary/aromatic N) is 2. The van der Waals surface area contributed by atoms with E-state index in [1.165, 1.54) is 0 Å². The average Bonchev–Trinajstić information content (AvgIpc) is 2.64. The quantitative estimate of drug-likeness (QED) is 0.758. The summed E-state index contributed by atoms with van der Waals surface area (Å²) < 4.78 is 1.61. The molecule has 0 aliphatic heterocycles. The lowest BCUT2D eigenvalue weighted by atomic mass is 9.86. The van der Waals surface area contributed by atoms with Crippen molar-refractivity contribution in [2.24, 2.45) is 18.7 Å². The third-order valence-corrected chi connectivity index (χ3v) is 3.89. The molecular formula is C13H20N4O3. The second kappa shape index (κ2) is 5.52. The lowest BCUT2D eigenvalue weighted by Gasteiger charge is -2.27. The van der Waals surface area contributed by atoms with E-state index >= 15 is 0 Å². The van der Waals surface area contributed by atoms with Crippen LogP contribution in [0.5, 0.6) is 0 Å². The highest BCUT2D eigenvalue weighted by atomic mass is 16.4. The number of aromatic nitrogens is 2. The van der Waals surface area contributed by atoms with Crippen molar-refractivity contribution in [3.05, 3.63) is 11.3 Å². The molecule has 0 bridgehead atoms. The standard InChI is InChI=1S/C13H20N4O3/c1-7-10(11(14)18)12(17(2)16-7)15-9-5-3-8(4-6-9)13(19)20/h8-9,15H,3-6H2,1-2H3,(H2,14,18)(H,19,20). The number of aryl methyl sites for hydroxylation is 2. The van der Waals surface area contributed by atoms with Crippen LogP contribution >= 0.6 is 0 Å². The molecule has 0 radical (unpaired) electrons. The zero-order valence-corrected chi connectivity index (χ0v) is 11.7. The van der Waals surface area contributed by atoms with Crippen molar-refractivity contribution in [2.45, 2.75) is 38.6 Å². The fraction of sp³-hybridized carbons (Fsp3) is 0.615. The molecule has 1 aromatic heterocycles. The van der Waals surface area contributed by atoms with Gasteiger partial charge in [-0.25, -0.2) is 0 Å². The third kappa shape index (κ3) is 2.76. The van der Waals surface area contributed by atoms with Crippen molar-refractivity contribution in [1.29, 1.82) is 0 Å². The van der Waals surface area contributed by atoms with Gasteiger partial charge in [0.05, 0.1) is 11.6 Å². The molecule has 1 aromatic rings. The number of hydrogen-bond donors (Lipinski definition) is 3. The number of hydrogen-bond acceptors (Lipinski definition) is 4. The van der Waals surface area contributed by atoms with Gasteiger partial charge in [0.15, 0.2) is 0 Å². The second-order valence-corrected chi connectivity index (χ2v) is 5.33. The summed E-state index contributed by atoms with van der Waals surface area (Å²) >= 11 is 0. The van der Waals surface area contributed by atoms with Gasteiger partial charge < -0.3 is 16.2 Å². The molecule has 20 heavy (non-hydrogen) atoms. The van der Waals surface area contributed by atoms with Crippen molar-refractivity contribution < 1.29 is 14.7 Å². The molecular weight excluding hydrogens is 260 g/mol. The van der Waals surface area contributed by atoms with E-state index in [-0.39, 0.29) is 12.0 Å². The van der Waals surface area contributed by atoms with Crippen LogP contribution in [-0.4, -0.2) is 32.8 Å². The number of amides is 1. The molecule has 7 heteroatoms. The monoisotopic (exact) mass is 280 g/mol. The molecule has 0 saturated heterocycles. The number of nitrogens with two attached hydrogens (primary N) is 1. The zero-order valence-electron chi connectivity index (χ0n) is 11.7. The highest BCUT2D eigenvalue weighted by Crippen LogP contribution is 2.28. The van der Waals surface area contributed by atoms with Crippen LogP contribution in [0.4, 0.5) is 5.82 Å². The molecule has 2 rings (SSSR count). The molecule has 1 amide bonds. The number of anilines is 1. The number of carboxylic acids is 1. The zero-order chi connectivity index (χ0) is 14.9. The van der Waals surface area contributed by atoms with Crippen molar-refractivity contribution in [3.8, 4) is 0 Å². The first kappa shape index (κ1) is 14.4. The number of primary amides is 1. The first-order valence-electron chi connectivity index (χ1n) is 6.73. The molecule has 1 saturated carbocycles. The molecule has 0 aromatic carbocycles. The van der Waals surface area contributed by atoms with E-state index in [0.29, 0.717) is 29.9 Å². The molecule has 0 unspecified atom stereocenters. The van der Waals surface area contributed by atoms with Gasteiger partial charge in [-0.05, 0) is 32.6 Å². The van der Waals surface area contributed by atoms with Gasteiger partial charge in [0.25, 0.3) is 5.91 Å². The highest BCUT2D eigenvalue weighted by Gasteiger charge is 2.27. The molecule has 1 aliphatic rings. The Morgan fingerprint density at radius 2 is 1.95 bits per heavy atom. The summed E-state index contributed by atoms with van der Waals surface area (Å²) in [5.41, 5.74) is 6.39. The van der Waals surface area contributed by atoms with Gasteiger partial charge in [0, 0.05) is 13.1 Å². The van der Waals surface area contributed by atoms with Gasteiger partial charge in [-0.2, -0.15) is 5.10 Å².